The van der Waals surface area contributed by atoms with Gasteiger partial charge in [0.15, 0.2) is 0 Å². The molecule has 0 saturated heterocycles. The quantitative estimate of drug-likeness (QED) is 0.872. The Bertz CT molecular complexity index is 640. The molecule has 0 unspecified atom stereocenters. The van der Waals surface area contributed by atoms with E-state index in [1.54, 1.807) is 12.1 Å². The maximum atomic E-state index is 13.8. The Hall–Kier alpha value is -2.38. The van der Waals surface area contributed by atoms with Crippen LogP contribution < -0.4 is 4.74 Å². The van der Waals surface area contributed by atoms with Crippen LogP contribution in [0.2, 0.25) is 0 Å². The Morgan fingerprint density at radius 1 is 1.05 bits per heavy atom. The Kier molecular flexibility index (Phi) is 4.70. The Balaban J connectivity index is 2.04. The van der Waals surface area contributed by atoms with Crippen molar-refractivity contribution in [1.82, 2.24) is 0 Å². The first-order valence-corrected chi connectivity index (χ1v) is 5.95. The van der Waals surface area contributed by atoms with E-state index in [4.69, 9.17) is 9.84 Å². The van der Waals surface area contributed by atoms with E-state index in [1.165, 1.54) is 30.3 Å². The van der Waals surface area contributed by atoms with Crippen molar-refractivity contribution < 1.29 is 18.6 Å². The number of halogens is 2. The highest BCUT2D eigenvalue weighted by molar-refractivity contribution is 5.37. The number of ether oxygens (including phenoxy) is 1. The number of aliphatic hydroxyl groups is 1. The molecule has 4 heteroatoms. The summed E-state index contributed by atoms with van der Waals surface area (Å²) in [5, 5.41) is 8.57. The predicted molar refractivity (Wildman–Crippen MR) is 71.1 cm³/mol. The molecule has 102 valence electrons. The third kappa shape index (κ3) is 3.81. The van der Waals surface area contributed by atoms with E-state index in [9.17, 15) is 8.78 Å². The first kappa shape index (κ1) is 14.0. The molecule has 0 aliphatic rings. The fourth-order valence-electron chi connectivity index (χ4n) is 1.58. The predicted octanol–water partition coefficient (Wildman–Crippen LogP) is 2.89. The molecule has 0 aliphatic heterocycles. The van der Waals surface area contributed by atoms with Crippen LogP contribution in [0.1, 0.15) is 11.1 Å². The molecule has 0 heterocycles. The third-order valence-electron chi connectivity index (χ3n) is 2.57. The van der Waals surface area contributed by atoms with Crippen LogP contribution in [0.3, 0.4) is 0 Å². The summed E-state index contributed by atoms with van der Waals surface area (Å²) in [6.07, 6.45) is 0. The fraction of sp³-hybridized carbons (Fsp3) is 0.125. The molecule has 0 aliphatic carbocycles. The summed E-state index contributed by atoms with van der Waals surface area (Å²) in [5.74, 6) is 4.75. The van der Waals surface area contributed by atoms with E-state index in [-0.39, 0.29) is 19.0 Å². The zero-order valence-electron chi connectivity index (χ0n) is 10.6. The van der Waals surface area contributed by atoms with Crippen molar-refractivity contribution in [3.8, 4) is 17.6 Å². The van der Waals surface area contributed by atoms with E-state index < -0.39 is 5.82 Å². The largest absolute Gasteiger partial charge is 0.489 e. The second-order valence-electron chi connectivity index (χ2n) is 4.01. The summed E-state index contributed by atoms with van der Waals surface area (Å²) in [6, 6.07) is 10.0. The molecule has 0 fully saturated rings. The lowest BCUT2D eigenvalue weighted by Gasteiger charge is -2.07. The van der Waals surface area contributed by atoms with Crippen LogP contribution >= 0.6 is 0 Å². The molecule has 0 spiro atoms. The first-order chi connectivity index (χ1) is 9.69. The average molecular weight is 274 g/mol. The van der Waals surface area contributed by atoms with Crippen molar-refractivity contribution >= 4 is 0 Å². The van der Waals surface area contributed by atoms with Crippen LogP contribution in [0.15, 0.2) is 42.5 Å². The van der Waals surface area contributed by atoms with Crippen molar-refractivity contribution in [2.75, 3.05) is 6.61 Å². The SMILES string of the molecule is OCC#Cc1ccc(COc2ccc(F)cc2)c(F)c1. The van der Waals surface area contributed by atoms with Gasteiger partial charge in [-0.25, -0.2) is 8.78 Å². The second-order valence-corrected chi connectivity index (χ2v) is 4.01. The molecule has 0 aromatic heterocycles. The van der Waals surface area contributed by atoms with Gasteiger partial charge in [-0.3, -0.25) is 0 Å². The van der Waals surface area contributed by atoms with Crippen LogP contribution in [0.25, 0.3) is 0 Å². The number of rotatable bonds is 3. The van der Waals surface area contributed by atoms with Gasteiger partial charge in [0, 0.05) is 11.1 Å². The molecule has 0 saturated carbocycles. The molecule has 2 nitrogen and oxygen atoms in total. The molecular formula is C16H12F2O2. The van der Waals surface area contributed by atoms with Crippen LogP contribution in [0.4, 0.5) is 8.78 Å². The minimum atomic E-state index is -0.433. The molecule has 0 atom stereocenters. The molecule has 2 aromatic carbocycles. The molecular weight excluding hydrogens is 262 g/mol. The van der Waals surface area contributed by atoms with Crippen LogP contribution in [0, 0.1) is 23.5 Å². The number of hydrogen-bond acceptors (Lipinski definition) is 2. The van der Waals surface area contributed by atoms with Crippen molar-refractivity contribution in [3.05, 3.63) is 65.2 Å². The van der Waals surface area contributed by atoms with Gasteiger partial charge in [-0.15, -0.1) is 0 Å². The normalized spacial score (nSPS) is 9.75. The maximum absolute atomic E-state index is 13.8. The third-order valence-corrected chi connectivity index (χ3v) is 2.57. The Morgan fingerprint density at radius 3 is 2.45 bits per heavy atom. The molecule has 0 radical (unpaired) electrons. The molecule has 2 rings (SSSR count). The monoisotopic (exact) mass is 274 g/mol. The molecule has 2 aromatic rings. The number of benzene rings is 2. The zero-order valence-corrected chi connectivity index (χ0v) is 10.6. The topological polar surface area (TPSA) is 29.5 Å². The summed E-state index contributed by atoms with van der Waals surface area (Å²) < 4.78 is 31.9. The minimum absolute atomic E-state index is 0.0468. The number of hydrogen-bond donors (Lipinski definition) is 1. The summed E-state index contributed by atoms with van der Waals surface area (Å²) >= 11 is 0. The first-order valence-electron chi connectivity index (χ1n) is 5.95. The van der Waals surface area contributed by atoms with Crippen LogP contribution in [-0.2, 0) is 6.61 Å². The van der Waals surface area contributed by atoms with Gasteiger partial charge in [-0.2, -0.15) is 0 Å². The summed E-state index contributed by atoms with van der Waals surface area (Å²) in [7, 11) is 0. The van der Waals surface area contributed by atoms with E-state index >= 15 is 0 Å². The second kappa shape index (κ2) is 6.69. The van der Waals surface area contributed by atoms with Gasteiger partial charge in [0.1, 0.15) is 30.6 Å². The molecule has 1 N–H and O–H groups in total. The van der Waals surface area contributed by atoms with Gasteiger partial charge in [0.05, 0.1) is 0 Å². The lowest BCUT2D eigenvalue weighted by molar-refractivity contribution is 0.299. The summed E-state index contributed by atoms with van der Waals surface area (Å²) in [4.78, 5) is 0. The van der Waals surface area contributed by atoms with Gasteiger partial charge >= 0.3 is 0 Å². The van der Waals surface area contributed by atoms with Crippen LogP contribution in [-0.4, -0.2) is 11.7 Å². The van der Waals surface area contributed by atoms with Gasteiger partial charge < -0.3 is 9.84 Å². The lowest BCUT2D eigenvalue weighted by atomic mass is 10.1. The highest BCUT2D eigenvalue weighted by Gasteiger charge is 2.04. The van der Waals surface area contributed by atoms with E-state index in [2.05, 4.69) is 11.8 Å². The highest BCUT2D eigenvalue weighted by Crippen LogP contribution is 2.16. The highest BCUT2D eigenvalue weighted by atomic mass is 19.1. The Labute approximate surface area is 115 Å². The summed E-state index contributed by atoms with van der Waals surface area (Å²) in [6.45, 7) is -0.220. The van der Waals surface area contributed by atoms with E-state index in [0.29, 0.717) is 16.9 Å². The van der Waals surface area contributed by atoms with Gasteiger partial charge in [0.25, 0.3) is 0 Å². The minimum Gasteiger partial charge on any atom is -0.489 e. The van der Waals surface area contributed by atoms with Crippen molar-refractivity contribution in [1.29, 1.82) is 0 Å². The fourth-order valence-corrected chi connectivity index (χ4v) is 1.58. The zero-order chi connectivity index (χ0) is 14.4. The maximum Gasteiger partial charge on any atom is 0.131 e. The molecule has 0 bridgehead atoms. The molecule has 0 amide bonds. The average Bonchev–Trinajstić information content (AvgIpc) is 2.46. The smallest absolute Gasteiger partial charge is 0.131 e. The van der Waals surface area contributed by atoms with E-state index in [0.717, 1.165) is 0 Å². The van der Waals surface area contributed by atoms with Gasteiger partial charge in [-0.1, -0.05) is 17.9 Å². The Morgan fingerprint density at radius 2 is 1.80 bits per heavy atom. The van der Waals surface area contributed by atoms with Gasteiger partial charge in [0.2, 0.25) is 0 Å². The van der Waals surface area contributed by atoms with E-state index in [1.807, 2.05) is 0 Å². The van der Waals surface area contributed by atoms with Crippen LogP contribution in [0.5, 0.6) is 5.75 Å². The summed E-state index contributed by atoms with van der Waals surface area (Å²) in [5.41, 5.74) is 0.867. The molecule has 20 heavy (non-hydrogen) atoms. The van der Waals surface area contributed by atoms with Crippen molar-refractivity contribution in [3.63, 3.8) is 0 Å². The van der Waals surface area contributed by atoms with Crippen molar-refractivity contribution in [2.45, 2.75) is 6.61 Å². The van der Waals surface area contributed by atoms with Gasteiger partial charge in [-0.05, 0) is 36.4 Å². The number of aliphatic hydroxyl groups excluding tert-OH is 1. The van der Waals surface area contributed by atoms with Crippen molar-refractivity contribution in [2.24, 2.45) is 0 Å². The lowest BCUT2D eigenvalue weighted by Crippen LogP contribution is -1.99. The standard InChI is InChI=1S/C16H12F2O2/c17-14-5-7-15(8-6-14)20-11-13-4-3-12(2-1-9-19)10-16(13)18/h3-8,10,19H,9,11H2.